The van der Waals surface area contributed by atoms with Crippen molar-refractivity contribution in [1.29, 1.82) is 0 Å². The molecule has 1 radical (unpaired) electrons. The maximum atomic E-state index is 5.31. The number of rotatable bonds is 1. The van der Waals surface area contributed by atoms with Crippen LogP contribution in [0, 0.1) is 0 Å². The van der Waals surface area contributed by atoms with Gasteiger partial charge in [-0.3, -0.25) is 0 Å². The van der Waals surface area contributed by atoms with E-state index < -0.39 is 0 Å². The minimum Gasteiger partial charge on any atom is -0.356 e. The van der Waals surface area contributed by atoms with Gasteiger partial charge in [-0.05, 0) is 6.92 Å². The molecule has 3 nitrogen and oxygen atoms in total. The standard InChI is InChI=1S/C5H11N2O/c1-4-7-3-5(2-6)8-4/h4-5H,2-3,6H2,1H3. The van der Waals surface area contributed by atoms with Gasteiger partial charge in [0, 0.05) is 13.1 Å². The van der Waals surface area contributed by atoms with E-state index in [2.05, 4.69) is 5.32 Å². The molecule has 3 heteroatoms. The summed E-state index contributed by atoms with van der Waals surface area (Å²) in [6, 6.07) is 0. The van der Waals surface area contributed by atoms with Crippen LogP contribution >= 0.6 is 0 Å². The second-order valence-corrected chi connectivity index (χ2v) is 1.96. The number of nitrogens with zero attached hydrogens (tertiary/aromatic N) is 1. The third kappa shape index (κ3) is 1.18. The zero-order valence-corrected chi connectivity index (χ0v) is 5.00. The van der Waals surface area contributed by atoms with Crippen molar-refractivity contribution in [2.24, 2.45) is 5.73 Å². The SMILES string of the molecule is CC1[N]CC(CN)O1. The summed E-state index contributed by atoms with van der Waals surface area (Å²) in [7, 11) is 0. The first kappa shape index (κ1) is 6.01. The first-order chi connectivity index (χ1) is 3.83. The summed E-state index contributed by atoms with van der Waals surface area (Å²) in [5.41, 5.74) is 5.31. The Balaban J connectivity index is 2.22. The maximum Gasteiger partial charge on any atom is 0.121 e. The third-order valence-corrected chi connectivity index (χ3v) is 1.22. The van der Waals surface area contributed by atoms with Crippen molar-refractivity contribution in [2.45, 2.75) is 19.3 Å². The fraction of sp³-hybridized carbons (Fsp3) is 1.00. The number of hydrogen-bond acceptors (Lipinski definition) is 2. The Morgan fingerprint density at radius 2 is 2.62 bits per heavy atom. The first-order valence-electron chi connectivity index (χ1n) is 2.85. The molecule has 0 saturated carbocycles. The summed E-state index contributed by atoms with van der Waals surface area (Å²) in [5.74, 6) is 0. The second-order valence-electron chi connectivity index (χ2n) is 1.96. The zero-order valence-electron chi connectivity index (χ0n) is 5.00. The predicted octanol–water partition coefficient (Wildman–Crippen LogP) is -0.706. The van der Waals surface area contributed by atoms with E-state index in [1.54, 1.807) is 0 Å². The van der Waals surface area contributed by atoms with E-state index >= 15 is 0 Å². The molecule has 1 saturated heterocycles. The quantitative estimate of drug-likeness (QED) is 0.491. The van der Waals surface area contributed by atoms with E-state index in [0.717, 1.165) is 6.54 Å². The summed E-state index contributed by atoms with van der Waals surface area (Å²) in [6.07, 6.45) is 0.258. The highest BCUT2D eigenvalue weighted by atomic mass is 16.5. The van der Waals surface area contributed by atoms with Crippen molar-refractivity contribution in [1.82, 2.24) is 5.32 Å². The van der Waals surface area contributed by atoms with Gasteiger partial charge in [-0.2, -0.15) is 0 Å². The van der Waals surface area contributed by atoms with Crippen molar-refractivity contribution >= 4 is 0 Å². The van der Waals surface area contributed by atoms with Crippen molar-refractivity contribution in [2.75, 3.05) is 13.1 Å². The molecule has 1 heterocycles. The molecule has 1 aliphatic heterocycles. The minimum atomic E-state index is 0.0727. The Bertz CT molecular complexity index is 76.8. The summed E-state index contributed by atoms with van der Waals surface area (Å²) < 4.78 is 5.22. The van der Waals surface area contributed by atoms with Crippen molar-refractivity contribution in [3.63, 3.8) is 0 Å². The van der Waals surface area contributed by atoms with Crippen LogP contribution in [0.4, 0.5) is 0 Å². The fourth-order valence-electron chi connectivity index (χ4n) is 0.761. The Kier molecular flexibility index (Phi) is 1.83. The zero-order chi connectivity index (χ0) is 5.98. The normalized spacial score (nSPS) is 38.2. The lowest BCUT2D eigenvalue weighted by Crippen LogP contribution is -2.22. The average Bonchev–Trinajstić information content (AvgIpc) is 2.14. The van der Waals surface area contributed by atoms with E-state index in [0.29, 0.717) is 6.54 Å². The van der Waals surface area contributed by atoms with E-state index in [9.17, 15) is 0 Å². The van der Waals surface area contributed by atoms with Gasteiger partial charge in [0.15, 0.2) is 0 Å². The molecule has 0 aromatic heterocycles. The Labute approximate surface area is 49.2 Å². The highest BCUT2D eigenvalue weighted by Crippen LogP contribution is 2.02. The Hall–Kier alpha value is -0.120. The van der Waals surface area contributed by atoms with Gasteiger partial charge in [0.2, 0.25) is 0 Å². The van der Waals surface area contributed by atoms with Gasteiger partial charge >= 0.3 is 0 Å². The molecule has 0 bridgehead atoms. The van der Waals surface area contributed by atoms with Crippen LogP contribution in [0.15, 0.2) is 0 Å². The maximum absolute atomic E-state index is 5.31. The first-order valence-corrected chi connectivity index (χ1v) is 2.85. The molecular weight excluding hydrogens is 104 g/mol. The summed E-state index contributed by atoms with van der Waals surface area (Å²) in [5, 5.41) is 4.09. The van der Waals surface area contributed by atoms with E-state index in [1.165, 1.54) is 0 Å². The van der Waals surface area contributed by atoms with Gasteiger partial charge in [-0.25, -0.2) is 5.32 Å². The lowest BCUT2D eigenvalue weighted by atomic mass is 10.4. The van der Waals surface area contributed by atoms with Crippen LogP contribution in [-0.2, 0) is 4.74 Å². The van der Waals surface area contributed by atoms with Crippen LogP contribution in [-0.4, -0.2) is 25.4 Å². The molecule has 0 aromatic carbocycles. The average molecular weight is 115 g/mol. The Morgan fingerprint density at radius 3 is 2.88 bits per heavy atom. The highest BCUT2D eigenvalue weighted by molar-refractivity contribution is 4.70. The molecule has 0 amide bonds. The number of ether oxygens (including phenoxy) is 1. The second kappa shape index (κ2) is 2.44. The van der Waals surface area contributed by atoms with Crippen LogP contribution in [0.5, 0.6) is 0 Å². The van der Waals surface area contributed by atoms with Gasteiger partial charge in [-0.1, -0.05) is 0 Å². The van der Waals surface area contributed by atoms with Crippen molar-refractivity contribution < 1.29 is 4.74 Å². The fourth-order valence-corrected chi connectivity index (χ4v) is 0.761. The molecule has 2 unspecified atom stereocenters. The molecule has 1 aliphatic rings. The molecule has 0 spiro atoms. The van der Waals surface area contributed by atoms with Gasteiger partial charge in [0.05, 0.1) is 6.10 Å². The molecular formula is C5H11N2O. The monoisotopic (exact) mass is 115 g/mol. The Morgan fingerprint density at radius 1 is 1.88 bits per heavy atom. The summed E-state index contributed by atoms with van der Waals surface area (Å²) in [4.78, 5) is 0. The van der Waals surface area contributed by atoms with Gasteiger partial charge in [-0.15, -0.1) is 0 Å². The third-order valence-electron chi connectivity index (χ3n) is 1.22. The van der Waals surface area contributed by atoms with Gasteiger partial charge in [0.25, 0.3) is 0 Å². The minimum absolute atomic E-state index is 0.0727. The van der Waals surface area contributed by atoms with Crippen LogP contribution in [0.2, 0.25) is 0 Å². The predicted molar refractivity (Wildman–Crippen MR) is 30.4 cm³/mol. The molecule has 2 atom stereocenters. The van der Waals surface area contributed by atoms with E-state index in [1.807, 2.05) is 6.92 Å². The molecule has 1 fully saturated rings. The largest absolute Gasteiger partial charge is 0.356 e. The van der Waals surface area contributed by atoms with Crippen molar-refractivity contribution in [3.05, 3.63) is 0 Å². The van der Waals surface area contributed by atoms with E-state index in [-0.39, 0.29) is 12.3 Å². The lowest BCUT2D eigenvalue weighted by molar-refractivity contribution is 0.0573. The summed E-state index contributed by atoms with van der Waals surface area (Å²) in [6.45, 7) is 3.29. The molecule has 1 rings (SSSR count). The molecule has 47 valence electrons. The highest BCUT2D eigenvalue weighted by Gasteiger charge is 2.19. The molecule has 2 N–H and O–H groups in total. The van der Waals surface area contributed by atoms with Crippen LogP contribution in [0.1, 0.15) is 6.92 Å². The van der Waals surface area contributed by atoms with E-state index in [4.69, 9.17) is 10.5 Å². The smallest absolute Gasteiger partial charge is 0.121 e. The number of nitrogens with two attached hydrogens (primary N) is 1. The van der Waals surface area contributed by atoms with Crippen LogP contribution in [0.3, 0.4) is 0 Å². The van der Waals surface area contributed by atoms with Crippen molar-refractivity contribution in [3.8, 4) is 0 Å². The van der Waals surface area contributed by atoms with Gasteiger partial charge in [0.1, 0.15) is 6.23 Å². The topological polar surface area (TPSA) is 49.4 Å². The van der Waals surface area contributed by atoms with Crippen LogP contribution in [0.25, 0.3) is 0 Å². The number of hydrogen-bond donors (Lipinski definition) is 1. The van der Waals surface area contributed by atoms with Gasteiger partial charge < -0.3 is 10.5 Å². The molecule has 8 heavy (non-hydrogen) atoms. The summed E-state index contributed by atoms with van der Waals surface area (Å²) >= 11 is 0. The molecule has 0 aliphatic carbocycles. The van der Waals surface area contributed by atoms with Crippen LogP contribution < -0.4 is 11.1 Å². The molecule has 0 aromatic rings. The lowest BCUT2D eigenvalue weighted by Gasteiger charge is -2.03.